The summed E-state index contributed by atoms with van der Waals surface area (Å²) in [6.45, 7) is 13.0. The Hall–Kier alpha value is -1.74. The zero-order valence-corrected chi connectivity index (χ0v) is 25.7. The highest BCUT2D eigenvalue weighted by atomic mass is 79.9. The highest BCUT2D eigenvalue weighted by molar-refractivity contribution is 9.10. The molecule has 0 radical (unpaired) electrons. The molecule has 1 aliphatic carbocycles. The standard InChI is InChI=1S/C13H21NO3.C12H18BrNO2.C2H6.CH5N/c1-12(2,3)17-11(16)14-6-4-13(5-7-14)8-10(13)9-15;1-2-10(15)7-5-3-4-6-8-12-14-9-11(13)16-12;2*1-2/h9-10H,4-8H2,1-3H3;9H,2-8H2,1H3;1-2H3;2H2,1H3. The third kappa shape index (κ3) is 14.1. The van der Waals surface area contributed by atoms with Crippen LogP contribution in [0.3, 0.4) is 0 Å². The number of halogens is 1. The fourth-order valence-electron chi connectivity index (χ4n) is 4.14. The van der Waals surface area contributed by atoms with Gasteiger partial charge >= 0.3 is 6.09 Å². The molecule has 3 rings (SSSR count). The number of aldehydes is 1. The fourth-order valence-corrected chi connectivity index (χ4v) is 4.43. The quantitative estimate of drug-likeness (QED) is 0.251. The van der Waals surface area contributed by atoms with Gasteiger partial charge in [0.1, 0.15) is 17.7 Å². The molecule has 0 bridgehead atoms. The van der Waals surface area contributed by atoms with E-state index in [1.807, 2.05) is 41.5 Å². The van der Waals surface area contributed by atoms with Crippen LogP contribution >= 0.6 is 15.9 Å². The zero-order valence-electron chi connectivity index (χ0n) is 24.1. The minimum atomic E-state index is -0.433. The lowest BCUT2D eigenvalue weighted by Crippen LogP contribution is -2.42. The lowest BCUT2D eigenvalue weighted by molar-refractivity contribution is -0.118. The summed E-state index contributed by atoms with van der Waals surface area (Å²) >= 11 is 3.22. The van der Waals surface area contributed by atoms with Crippen LogP contribution < -0.4 is 5.73 Å². The van der Waals surface area contributed by atoms with Crippen LogP contribution in [-0.2, 0) is 20.7 Å². The Bertz CT molecular complexity index is 783. The Morgan fingerprint density at radius 1 is 1.19 bits per heavy atom. The van der Waals surface area contributed by atoms with Gasteiger partial charge in [0.05, 0.1) is 6.20 Å². The maximum absolute atomic E-state index is 11.8. The van der Waals surface area contributed by atoms with Gasteiger partial charge in [-0.3, -0.25) is 4.79 Å². The topological polar surface area (TPSA) is 116 Å². The lowest BCUT2D eigenvalue weighted by atomic mass is 9.91. The Morgan fingerprint density at radius 2 is 1.78 bits per heavy atom. The van der Waals surface area contributed by atoms with Crippen molar-refractivity contribution in [1.29, 1.82) is 0 Å². The maximum atomic E-state index is 11.8. The van der Waals surface area contributed by atoms with Gasteiger partial charge in [0, 0.05) is 38.3 Å². The molecule has 1 aliphatic heterocycles. The van der Waals surface area contributed by atoms with Crippen LogP contribution in [-0.4, -0.2) is 53.8 Å². The Morgan fingerprint density at radius 3 is 2.24 bits per heavy atom. The number of aromatic nitrogens is 1. The van der Waals surface area contributed by atoms with Gasteiger partial charge in [-0.1, -0.05) is 33.6 Å². The van der Waals surface area contributed by atoms with Crippen molar-refractivity contribution in [1.82, 2.24) is 9.88 Å². The van der Waals surface area contributed by atoms with Gasteiger partial charge in [0.15, 0.2) is 10.6 Å². The van der Waals surface area contributed by atoms with Gasteiger partial charge in [-0.15, -0.1) is 0 Å². The maximum Gasteiger partial charge on any atom is 0.410 e. The number of nitrogens with zero attached hydrogens (tertiary/aromatic N) is 2. The molecule has 1 spiro atoms. The number of amides is 1. The molecule has 1 unspecified atom stereocenters. The molecule has 1 saturated carbocycles. The predicted octanol–water partition coefficient (Wildman–Crippen LogP) is 6.73. The van der Waals surface area contributed by atoms with Gasteiger partial charge in [-0.25, -0.2) is 9.78 Å². The van der Waals surface area contributed by atoms with Crippen LogP contribution in [0.15, 0.2) is 15.3 Å². The largest absolute Gasteiger partial charge is 0.444 e. The van der Waals surface area contributed by atoms with Crippen molar-refractivity contribution in [2.45, 2.75) is 111 Å². The third-order valence-corrected chi connectivity index (χ3v) is 6.71. The van der Waals surface area contributed by atoms with E-state index in [0.29, 0.717) is 16.9 Å². The molecular formula is C28H50BrN3O5. The van der Waals surface area contributed by atoms with Gasteiger partial charge < -0.3 is 24.6 Å². The molecule has 9 heteroatoms. The molecule has 2 heterocycles. The van der Waals surface area contributed by atoms with E-state index < -0.39 is 5.60 Å². The summed E-state index contributed by atoms with van der Waals surface area (Å²) in [4.78, 5) is 39.5. The van der Waals surface area contributed by atoms with Crippen molar-refractivity contribution in [3.63, 3.8) is 0 Å². The van der Waals surface area contributed by atoms with Crippen LogP contribution in [0.4, 0.5) is 4.79 Å². The van der Waals surface area contributed by atoms with Crippen LogP contribution in [0, 0.1) is 11.3 Å². The number of carbonyl (C=O) groups excluding carboxylic acids is 3. The minimum absolute atomic E-state index is 0.222. The predicted molar refractivity (Wildman–Crippen MR) is 151 cm³/mol. The van der Waals surface area contributed by atoms with E-state index in [0.717, 1.165) is 83.1 Å². The molecule has 2 fully saturated rings. The molecule has 1 atom stereocenters. The number of ketones is 1. The Kier molecular flexibility index (Phi) is 17.6. The number of piperidine rings is 1. The summed E-state index contributed by atoms with van der Waals surface area (Å²) in [6.07, 6.45) is 12.1. The smallest absolute Gasteiger partial charge is 0.410 e. The number of likely N-dealkylation sites (tertiary alicyclic amines) is 1. The number of hydrogen-bond acceptors (Lipinski definition) is 7. The highest BCUT2D eigenvalue weighted by Crippen LogP contribution is 2.58. The first-order valence-corrected chi connectivity index (χ1v) is 14.5. The molecule has 0 aromatic carbocycles. The monoisotopic (exact) mass is 587 g/mol. The van der Waals surface area contributed by atoms with E-state index >= 15 is 0 Å². The van der Waals surface area contributed by atoms with Crippen LogP contribution in [0.2, 0.25) is 0 Å². The van der Waals surface area contributed by atoms with Crippen molar-refractivity contribution < 1.29 is 23.5 Å². The molecule has 1 aromatic rings. The van der Waals surface area contributed by atoms with Crippen molar-refractivity contribution in [3.8, 4) is 0 Å². The number of aryl methyl sites for hydroxylation is 1. The van der Waals surface area contributed by atoms with Crippen molar-refractivity contribution in [2.24, 2.45) is 17.1 Å². The number of carbonyl (C=O) groups is 3. The van der Waals surface area contributed by atoms with E-state index in [9.17, 15) is 14.4 Å². The Balaban J connectivity index is 0.000000619. The van der Waals surface area contributed by atoms with Crippen molar-refractivity contribution in [3.05, 3.63) is 16.8 Å². The molecule has 8 nitrogen and oxygen atoms in total. The van der Waals surface area contributed by atoms with Crippen LogP contribution in [0.5, 0.6) is 0 Å². The van der Waals surface area contributed by atoms with E-state index in [4.69, 9.17) is 9.15 Å². The van der Waals surface area contributed by atoms with Gasteiger partial charge in [0.2, 0.25) is 0 Å². The lowest BCUT2D eigenvalue weighted by Gasteiger charge is -2.33. The number of Topliss-reactive ketones (excluding diaryl/α,β-unsaturated/α-hetero) is 1. The number of rotatable bonds is 9. The van der Waals surface area contributed by atoms with Crippen LogP contribution in [0.25, 0.3) is 0 Å². The SMILES string of the molecule is CC.CC(C)(C)OC(=O)N1CCC2(CC1)CC2C=O.CCC(=O)CCCCCCc1ncc(Br)o1.CN. The zero-order chi connectivity index (χ0) is 28.5. The first-order valence-electron chi connectivity index (χ1n) is 13.7. The molecule has 1 saturated heterocycles. The van der Waals surface area contributed by atoms with Crippen molar-refractivity contribution >= 4 is 34.1 Å². The number of ether oxygens (including phenoxy) is 1. The second-order valence-corrected chi connectivity index (χ2v) is 10.9. The molecule has 214 valence electrons. The number of oxazole rings is 1. The molecule has 37 heavy (non-hydrogen) atoms. The summed E-state index contributed by atoms with van der Waals surface area (Å²) < 4.78 is 11.3. The molecule has 2 aliphatic rings. The molecule has 1 amide bonds. The summed E-state index contributed by atoms with van der Waals surface area (Å²) in [5, 5.41) is 0. The number of hydrogen-bond donors (Lipinski definition) is 1. The summed E-state index contributed by atoms with van der Waals surface area (Å²) in [7, 11) is 1.50. The first kappa shape index (κ1) is 35.3. The number of unbranched alkanes of at least 4 members (excludes halogenated alkanes) is 3. The van der Waals surface area contributed by atoms with Gasteiger partial charge in [0.25, 0.3) is 0 Å². The third-order valence-electron chi connectivity index (χ3n) is 6.34. The number of nitrogens with two attached hydrogens (primary N) is 1. The summed E-state index contributed by atoms with van der Waals surface area (Å²) in [6, 6.07) is 0. The van der Waals surface area contributed by atoms with Crippen molar-refractivity contribution in [2.75, 3.05) is 20.1 Å². The normalized spacial score (nSPS) is 17.2. The molecule has 1 aromatic heterocycles. The fraction of sp³-hybridized carbons (Fsp3) is 0.786. The minimum Gasteiger partial charge on any atom is -0.444 e. The average molecular weight is 589 g/mol. The summed E-state index contributed by atoms with van der Waals surface area (Å²) in [5.74, 6) is 1.40. The molecule has 2 N–H and O–H groups in total. The van der Waals surface area contributed by atoms with E-state index in [2.05, 4.69) is 26.6 Å². The second kappa shape index (κ2) is 18.5. The average Bonchev–Trinajstić information content (AvgIpc) is 3.40. The summed E-state index contributed by atoms with van der Waals surface area (Å²) in [5.41, 5.74) is 4.29. The van der Waals surface area contributed by atoms with Gasteiger partial charge in [-0.05, 0) is 81.3 Å². The van der Waals surface area contributed by atoms with Crippen LogP contribution in [0.1, 0.15) is 105 Å². The van der Waals surface area contributed by atoms with E-state index in [1.165, 1.54) is 7.05 Å². The first-order chi connectivity index (χ1) is 17.6. The van der Waals surface area contributed by atoms with Gasteiger partial charge in [-0.2, -0.15) is 0 Å². The molecular weight excluding hydrogens is 538 g/mol. The highest BCUT2D eigenvalue weighted by Gasteiger charge is 2.55. The Labute approximate surface area is 232 Å². The second-order valence-electron chi connectivity index (χ2n) is 10.1. The van der Waals surface area contributed by atoms with E-state index in [-0.39, 0.29) is 17.4 Å². The van der Waals surface area contributed by atoms with E-state index in [1.54, 1.807) is 11.1 Å².